The number of rotatable bonds is 12. The van der Waals surface area contributed by atoms with Gasteiger partial charge in [-0.1, -0.05) is 82.9 Å². The van der Waals surface area contributed by atoms with Gasteiger partial charge in [-0.25, -0.2) is 0 Å². The van der Waals surface area contributed by atoms with Crippen LogP contribution in [0.2, 0.25) is 0 Å². The van der Waals surface area contributed by atoms with E-state index in [1.54, 1.807) is 0 Å². The minimum absolute atomic E-state index is 1.23. The lowest BCUT2D eigenvalue weighted by Crippen LogP contribution is -1.81. The third kappa shape index (κ3) is 15.5. The summed E-state index contributed by atoms with van der Waals surface area (Å²) in [7, 11) is 0. The zero-order valence-corrected chi connectivity index (χ0v) is 12.0. The summed E-state index contributed by atoms with van der Waals surface area (Å²) >= 11 is 0. The zero-order valence-electron chi connectivity index (χ0n) is 12.0. The van der Waals surface area contributed by atoms with Crippen LogP contribution in [0.25, 0.3) is 0 Å². The highest BCUT2D eigenvalue weighted by Crippen LogP contribution is 2.11. The van der Waals surface area contributed by atoms with Crippen molar-refractivity contribution >= 4 is 0 Å². The first-order valence-corrected chi connectivity index (χ1v) is 7.57. The van der Waals surface area contributed by atoms with Gasteiger partial charge < -0.3 is 0 Å². The van der Waals surface area contributed by atoms with Gasteiger partial charge in [0.15, 0.2) is 0 Å². The Morgan fingerprint density at radius 3 is 1.82 bits per heavy atom. The molecule has 0 atom stereocenters. The summed E-state index contributed by atoms with van der Waals surface area (Å²) in [4.78, 5) is 0. The summed E-state index contributed by atoms with van der Waals surface area (Å²) in [5.41, 5.74) is 0. The van der Waals surface area contributed by atoms with Crippen LogP contribution in [0, 0.1) is 6.08 Å². The highest BCUT2D eigenvalue weighted by atomic mass is 14.0. The fourth-order valence-electron chi connectivity index (χ4n) is 2.01. The number of hydrogen-bond acceptors (Lipinski definition) is 0. The summed E-state index contributed by atoms with van der Waals surface area (Å²) in [5, 5.41) is 0. The predicted octanol–water partition coefficient (Wildman–Crippen LogP) is 6.23. The molecule has 0 aliphatic rings. The first-order chi connectivity index (χ1) is 8.41. The van der Waals surface area contributed by atoms with Gasteiger partial charge >= 0.3 is 0 Å². The quantitative estimate of drug-likeness (QED) is 0.278. The maximum absolute atomic E-state index is 3.00. The molecule has 17 heavy (non-hydrogen) atoms. The van der Waals surface area contributed by atoms with Crippen molar-refractivity contribution in [2.75, 3.05) is 0 Å². The molecule has 0 saturated heterocycles. The van der Waals surface area contributed by atoms with Crippen LogP contribution < -0.4 is 0 Å². The van der Waals surface area contributed by atoms with Crippen molar-refractivity contribution in [3.63, 3.8) is 0 Å². The van der Waals surface area contributed by atoms with E-state index in [-0.39, 0.29) is 0 Å². The number of hydrogen-bond donors (Lipinski definition) is 0. The van der Waals surface area contributed by atoms with Crippen LogP contribution in [-0.4, -0.2) is 0 Å². The Labute approximate surface area is 109 Å². The Bertz CT molecular complexity index is 176. The highest BCUT2D eigenvalue weighted by Gasteiger charge is 1.91. The Balaban J connectivity index is 2.98. The summed E-state index contributed by atoms with van der Waals surface area (Å²) < 4.78 is 0. The van der Waals surface area contributed by atoms with E-state index in [0.29, 0.717) is 0 Å². The Morgan fingerprint density at radius 2 is 1.29 bits per heavy atom. The average molecular weight is 235 g/mol. The smallest absolute Gasteiger partial charge is 0.0348 e. The number of unbranched alkanes of at least 4 members (excludes halogenated alkanes) is 10. The molecule has 0 unspecified atom stereocenters. The summed E-state index contributed by atoms with van der Waals surface area (Å²) in [6, 6.07) is 0. The van der Waals surface area contributed by atoms with Gasteiger partial charge in [0.2, 0.25) is 0 Å². The van der Waals surface area contributed by atoms with Crippen LogP contribution in [-0.2, 0) is 0 Å². The molecule has 0 aliphatic carbocycles. The van der Waals surface area contributed by atoms with E-state index >= 15 is 0 Å². The van der Waals surface area contributed by atoms with Gasteiger partial charge in [-0.05, 0) is 25.8 Å². The van der Waals surface area contributed by atoms with Crippen LogP contribution in [0.3, 0.4) is 0 Å². The molecule has 0 aromatic heterocycles. The van der Waals surface area contributed by atoms with E-state index in [4.69, 9.17) is 0 Å². The lowest BCUT2D eigenvalue weighted by atomic mass is 10.1. The van der Waals surface area contributed by atoms with Gasteiger partial charge in [0.1, 0.15) is 0 Å². The molecule has 1 radical (unpaired) electrons. The summed E-state index contributed by atoms with van der Waals surface area (Å²) in [6.07, 6.45) is 24.8. The molecule has 0 bridgehead atoms. The minimum Gasteiger partial charge on any atom is -0.0845 e. The minimum atomic E-state index is 1.23. The summed E-state index contributed by atoms with van der Waals surface area (Å²) in [6.45, 7) is 4.22. The number of allylic oxidation sites excluding steroid dienone is 4. The van der Waals surface area contributed by atoms with Gasteiger partial charge in [-0.2, -0.15) is 0 Å². The molecule has 0 aromatic rings. The van der Waals surface area contributed by atoms with Crippen LogP contribution in [0.5, 0.6) is 0 Å². The molecule has 0 amide bonds. The Morgan fingerprint density at radius 1 is 0.765 bits per heavy atom. The van der Waals surface area contributed by atoms with E-state index in [2.05, 4.69) is 25.2 Å². The molecule has 0 saturated carbocycles. The van der Waals surface area contributed by atoms with E-state index in [1.165, 1.54) is 70.6 Å². The summed E-state index contributed by atoms with van der Waals surface area (Å²) in [5.74, 6) is 0. The molecule has 0 aromatic carbocycles. The van der Waals surface area contributed by atoms with Gasteiger partial charge in [0.05, 0.1) is 0 Å². The van der Waals surface area contributed by atoms with E-state index < -0.39 is 0 Å². The van der Waals surface area contributed by atoms with Crippen molar-refractivity contribution in [2.45, 2.75) is 84.5 Å². The lowest BCUT2D eigenvalue weighted by Gasteiger charge is -2.01. The van der Waals surface area contributed by atoms with Crippen molar-refractivity contribution in [1.29, 1.82) is 0 Å². The van der Waals surface area contributed by atoms with E-state index in [9.17, 15) is 0 Å². The largest absolute Gasteiger partial charge is 0.0845 e. The van der Waals surface area contributed by atoms with Gasteiger partial charge in [-0.15, -0.1) is 0 Å². The molecular formula is C17H31. The first kappa shape index (κ1) is 16.5. The standard InChI is InChI=1S/C17H31/c1-3-5-7-9-11-13-15-17-16-14-12-10-8-6-4-2/h6,8,10H,3,5,7,9,11-17H2,1-2H3/b6-4?,10-8+. The first-order valence-electron chi connectivity index (χ1n) is 7.57. The second-order valence-electron chi connectivity index (χ2n) is 4.85. The van der Waals surface area contributed by atoms with Crippen molar-refractivity contribution in [2.24, 2.45) is 0 Å². The highest BCUT2D eigenvalue weighted by molar-refractivity contribution is 4.97. The molecule has 0 fully saturated rings. The molecule has 0 heteroatoms. The Hall–Kier alpha value is -0.520. The third-order valence-corrected chi connectivity index (χ3v) is 3.12. The molecular weight excluding hydrogens is 204 g/mol. The predicted molar refractivity (Wildman–Crippen MR) is 79.1 cm³/mol. The second-order valence-corrected chi connectivity index (χ2v) is 4.85. The van der Waals surface area contributed by atoms with Crippen LogP contribution in [0.15, 0.2) is 18.2 Å². The zero-order chi connectivity index (χ0) is 12.6. The monoisotopic (exact) mass is 235 g/mol. The molecule has 99 valence electrons. The molecule has 0 aliphatic heterocycles. The van der Waals surface area contributed by atoms with Crippen molar-refractivity contribution < 1.29 is 0 Å². The maximum Gasteiger partial charge on any atom is -0.0348 e. The van der Waals surface area contributed by atoms with Crippen molar-refractivity contribution in [1.82, 2.24) is 0 Å². The molecule has 0 heterocycles. The average Bonchev–Trinajstić information content (AvgIpc) is 2.35. The second kappa shape index (κ2) is 15.5. The normalized spacial score (nSPS) is 11.9. The molecule has 0 spiro atoms. The van der Waals surface area contributed by atoms with E-state index in [1.807, 2.05) is 13.0 Å². The SMILES string of the molecule is C/[C]=C\C=C\CCCCCCCCCCCC. The van der Waals surface area contributed by atoms with Crippen LogP contribution in [0.1, 0.15) is 84.5 Å². The lowest BCUT2D eigenvalue weighted by molar-refractivity contribution is 0.557. The van der Waals surface area contributed by atoms with Gasteiger partial charge in [0.25, 0.3) is 0 Å². The van der Waals surface area contributed by atoms with Gasteiger partial charge in [-0.3, -0.25) is 0 Å². The fourth-order valence-corrected chi connectivity index (χ4v) is 2.01. The van der Waals surface area contributed by atoms with Gasteiger partial charge in [0, 0.05) is 0 Å². The van der Waals surface area contributed by atoms with Crippen molar-refractivity contribution in [3.05, 3.63) is 24.3 Å². The third-order valence-electron chi connectivity index (χ3n) is 3.12. The Kier molecular flexibility index (Phi) is 15.0. The molecule has 0 N–H and O–H groups in total. The van der Waals surface area contributed by atoms with Crippen LogP contribution in [0.4, 0.5) is 0 Å². The molecule has 0 rings (SSSR count). The topological polar surface area (TPSA) is 0 Å². The van der Waals surface area contributed by atoms with Crippen molar-refractivity contribution in [3.8, 4) is 0 Å². The fraction of sp³-hybridized carbons (Fsp3) is 0.765. The maximum atomic E-state index is 3.00. The van der Waals surface area contributed by atoms with Crippen LogP contribution >= 0.6 is 0 Å². The van der Waals surface area contributed by atoms with E-state index in [0.717, 1.165) is 0 Å². The molecule has 0 nitrogen and oxygen atoms in total.